The molecule has 4 heteroatoms. The summed E-state index contributed by atoms with van der Waals surface area (Å²) >= 11 is 6.37. The number of para-hydroxylation sites is 1. The number of halogens is 1. The number of hydrogen-bond acceptors (Lipinski definition) is 2. The van der Waals surface area contributed by atoms with Crippen molar-refractivity contribution in [3.8, 4) is 5.75 Å². The highest BCUT2D eigenvalue weighted by Crippen LogP contribution is 2.24. The van der Waals surface area contributed by atoms with Gasteiger partial charge in [-0.1, -0.05) is 60.1 Å². The Morgan fingerprint density at radius 3 is 2.39 bits per heavy atom. The number of rotatable bonds is 7. The molecule has 0 unspecified atom stereocenters. The van der Waals surface area contributed by atoms with Crippen molar-refractivity contribution < 1.29 is 4.74 Å². The molecule has 0 saturated heterocycles. The Kier molecular flexibility index (Phi) is 5.65. The van der Waals surface area contributed by atoms with Crippen molar-refractivity contribution in [1.82, 2.24) is 9.88 Å². The summed E-state index contributed by atoms with van der Waals surface area (Å²) in [6.07, 6.45) is 2.23. The van der Waals surface area contributed by atoms with Gasteiger partial charge in [0.25, 0.3) is 0 Å². The van der Waals surface area contributed by atoms with Gasteiger partial charge in [-0.2, -0.15) is 0 Å². The number of hydrogen-bond donors (Lipinski definition) is 1. The van der Waals surface area contributed by atoms with Crippen molar-refractivity contribution in [3.05, 3.63) is 101 Å². The molecule has 0 spiro atoms. The van der Waals surface area contributed by atoms with Crippen LogP contribution in [0.5, 0.6) is 5.75 Å². The van der Waals surface area contributed by atoms with Gasteiger partial charge < -0.3 is 14.6 Å². The van der Waals surface area contributed by atoms with Crippen LogP contribution in [0, 0.1) is 0 Å². The first-order chi connectivity index (χ1) is 13.7. The number of nitrogens with one attached hydrogen (secondary N) is 1. The molecule has 0 radical (unpaired) electrons. The quantitative estimate of drug-likeness (QED) is 0.442. The van der Waals surface area contributed by atoms with Crippen LogP contribution in [0.15, 0.2) is 79.0 Å². The summed E-state index contributed by atoms with van der Waals surface area (Å²) in [5, 5.41) is 5.64. The maximum absolute atomic E-state index is 6.37. The molecule has 3 nitrogen and oxygen atoms in total. The standard InChI is InChI=1S/C24H23ClN2O/c1-28-21-12-10-18(11-13-21)14-26-15-20-17-27(24-9-5-3-7-22(20)24)16-19-6-2-4-8-23(19)25/h2-13,17,26H,14-16H2,1H3. The van der Waals surface area contributed by atoms with E-state index >= 15 is 0 Å². The topological polar surface area (TPSA) is 26.2 Å². The summed E-state index contributed by atoms with van der Waals surface area (Å²) in [5.41, 5.74) is 4.88. The minimum absolute atomic E-state index is 0.763. The first-order valence-corrected chi connectivity index (χ1v) is 9.76. The molecule has 28 heavy (non-hydrogen) atoms. The highest BCUT2D eigenvalue weighted by Gasteiger charge is 2.09. The predicted molar refractivity (Wildman–Crippen MR) is 116 cm³/mol. The van der Waals surface area contributed by atoms with Gasteiger partial charge in [0.15, 0.2) is 0 Å². The molecular weight excluding hydrogens is 368 g/mol. The molecule has 1 N–H and O–H groups in total. The first-order valence-electron chi connectivity index (χ1n) is 9.38. The second-order valence-electron chi connectivity index (χ2n) is 6.84. The van der Waals surface area contributed by atoms with Crippen LogP contribution in [0.25, 0.3) is 10.9 Å². The number of fused-ring (bicyclic) bond motifs is 1. The molecule has 142 valence electrons. The summed E-state index contributed by atoms with van der Waals surface area (Å²) in [5.74, 6) is 0.881. The Balaban J connectivity index is 1.51. The maximum atomic E-state index is 6.37. The van der Waals surface area contributed by atoms with Crippen molar-refractivity contribution in [1.29, 1.82) is 0 Å². The van der Waals surface area contributed by atoms with Gasteiger partial charge in [0.2, 0.25) is 0 Å². The van der Waals surface area contributed by atoms with Gasteiger partial charge in [-0.25, -0.2) is 0 Å². The van der Waals surface area contributed by atoms with E-state index in [0.29, 0.717) is 0 Å². The third-order valence-corrected chi connectivity index (χ3v) is 5.34. The van der Waals surface area contributed by atoms with E-state index in [1.54, 1.807) is 7.11 Å². The zero-order valence-electron chi connectivity index (χ0n) is 15.9. The highest BCUT2D eigenvalue weighted by molar-refractivity contribution is 6.31. The van der Waals surface area contributed by atoms with Crippen LogP contribution in [0.1, 0.15) is 16.7 Å². The van der Waals surface area contributed by atoms with E-state index in [1.165, 1.54) is 22.0 Å². The molecule has 0 amide bonds. The zero-order valence-corrected chi connectivity index (χ0v) is 16.6. The molecule has 0 aliphatic heterocycles. The molecule has 1 aromatic heterocycles. The van der Waals surface area contributed by atoms with E-state index in [-0.39, 0.29) is 0 Å². The van der Waals surface area contributed by atoms with Crippen LogP contribution in [-0.2, 0) is 19.6 Å². The highest BCUT2D eigenvalue weighted by atomic mass is 35.5. The van der Waals surface area contributed by atoms with Gasteiger partial charge in [0.05, 0.1) is 7.11 Å². The lowest BCUT2D eigenvalue weighted by atomic mass is 10.1. The van der Waals surface area contributed by atoms with Crippen LogP contribution in [0.4, 0.5) is 0 Å². The molecule has 4 rings (SSSR count). The second kappa shape index (κ2) is 8.51. The minimum Gasteiger partial charge on any atom is -0.497 e. The van der Waals surface area contributed by atoms with Gasteiger partial charge in [0.1, 0.15) is 5.75 Å². The van der Waals surface area contributed by atoms with Crippen molar-refractivity contribution in [2.24, 2.45) is 0 Å². The first kappa shape index (κ1) is 18.6. The summed E-state index contributed by atoms with van der Waals surface area (Å²) in [6.45, 7) is 2.38. The van der Waals surface area contributed by atoms with E-state index < -0.39 is 0 Å². The Morgan fingerprint density at radius 1 is 0.857 bits per heavy atom. The van der Waals surface area contributed by atoms with E-state index in [2.05, 4.69) is 58.5 Å². The Hall–Kier alpha value is -2.75. The number of methoxy groups -OCH3 is 1. The summed E-state index contributed by atoms with van der Waals surface area (Å²) in [4.78, 5) is 0. The fourth-order valence-electron chi connectivity index (χ4n) is 3.49. The molecular formula is C24H23ClN2O. The van der Waals surface area contributed by atoms with Crippen molar-refractivity contribution >= 4 is 22.5 Å². The average molecular weight is 391 g/mol. The van der Waals surface area contributed by atoms with Gasteiger partial charge >= 0.3 is 0 Å². The summed E-state index contributed by atoms with van der Waals surface area (Å²) in [6, 6.07) is 24.7. The lowest BCUT2D eigenvalue weighted by molar-refractivity contribution is 0.414. The number of ether oxygens (including phenoxy) is 1. The number of aromatic nitrogens is 1. The van der Waals surface area contributed by atoms with Gasteiger partial charge in [-0.05, 0) is 41.0 Å². The second-order valence-corrected chi connectivity index (χ2v) is 7.25. The minimum atomic E-state index is 0.763. The van der Waals surface area contributed by atoms with Crippen LogP contribution < -0.4 is 10.1 Å². The molecule has 3 aromatic carbocycles. The Labute approximate surface area is 170 Å². The monoisotopic (exact) mass is 390 g/mol. The fraction of sp³-hybridized carbons (Fsp3) is 0.167. The van der Waals surface area contributed by atoms with Crippen molar-refractivity contribution in [3.63, 3.8) is 0 Å². The van der Waals surface area contributed by atoms with Crippen LogP contribution >= 0.6 is 11.6 Å². The largest absolute Gasteiger partial charge is 0.497 e. The number of benzene rings is 3. The molecule has 0 aliphatic rings. The van der Waals surface area contributed by atoms with Crippen LogP contribution in [0.2, 0.25) is 5.02 Å². The van der Waals surface area contributed by atoms with Crippen molar-refractivity contribution in [2.75, 3.05) is 7.11 Å². The van der Waals surface area contributed by atoms with E-state index in [4.69, 9.17) is 16.3 Å². The molecule has 0 saturated carbocycles. The molecule has 0 fully saturated rings. The molecule has 0 aliphatic carbocycles. The summed E-state index contributed by atoms with van der Waals surface area (Å²) in [7, 11) is 1.69. The summed E-state index contributed by atoms with van der Waals surface area (Å²) < 4.78 is 7.50. The van der Waals surface area contributed by atoms with E-state index in [0.717, 1.165) is 36.0 Å². The molecule has 1 heterocycles. The van der Waals surface area contributed by atoms with Gasteiger partial charge in [-0.15, -0.1) is 0 Å². The van der Waals surface area contributed by atoms with Crippen molar-refractivity contribution in [2.45, 2.75) is 19.6 Å². The third kappa shape index (κ3) is 4.06. The lowest BCUT2D eigenvalue weighted by Gasteiger charge is -2.07. The lowest BCUT2D eigenvalue weighted by Crippen LogP contribution is -2.12. The Bertz CT molecular complexity index is 1070. The van der Waals surface area contributed by atoms with Crippen LogP contribution in [-0.4, -0.2) is 11.7 Å². The van der Waals surface area contributed by atoms with Gasteiger partial charge in [0, 0.05) is 41.8 Å². The third-order valence-electron chi connectivity index (χ3n) is 4.97. The SMILES string of the molecule is COc1ccc(CNCc2cn(Cc3ccccc3Cl)c3ccccc23)cc1. The average Bonchev–Trinajstić information content (AvgIpc) is 3.08. The molecule has 4 aromatic rings. The predicted octanol–water partition coefficient (Wildman–Crippen LogP) is 5.64. The van der Waals surface area contributed by atoms with Crippen LogP contribution in [0.3, 0.4) is 0 Å². The normalized spacial score (nSPS) is 11.1. The maximum Gasteiger partial charge on any atom is 0.118 e. The molecule has 0 atom stereocenters. The van der Waals surface area contributed by atoms with E-state index in [1.807, 2.05) is 30.3 Å². The fourth-order valence-corrected chi connectivity index (χ4v) is 3.69. The zero-order chi connectivity index (χ0) is 19.3. The smallest absolute Gasteiger partial charge is 0.118 e. The van der Waals surface area contributed by atoms with E-state index in [9.17, 15) is 0 Å². The number of nitrogens with zero attached hydrogens (tertiary/aromatic N) is 1. The van der Waals surface area contributed by atoms with Gasteiger partial charge in [-0.3, -0.25) is 0 Å². The molecule has 0 bridgehead atoms. The Morgan fingerprint density at radius 2 is 1.61 bits per heavy atom.